The number of benzene rings is 1. The third-order valence-electron chi connectivity index (χ3n) is 2.43. The van der Waals surface area contributed by atoms with Crippen LogP contribution >= 0.6 is 11.5 Å². The molecule has 0 aliphatic heterocycles. The largest absolute Gasteiger partial charge is 0.303 e. The van der Waals surface area contributed by atoms with Gasteiger partial charge in [-0.25, -0.2) is 4.98 Å². The molecule has 0 spiro atoms. The molecule has 6 heteroatoms. The Kier molecular flexibility index (Phi) is 2.70. The van der Waals surface area contributed by atoms with Gasteiger partial charge in [0.25, 0.3) is 5.91 Å². The summed E-state index contributed by atoms with van der Waals surface area (Å²) in [5, 5.41) is 9.06. The monoisotopic (exact) mass is 256 g/mol. The Morgan fingerprint density at radius 1 is 1.17 bits per heavy atom. The highest BCUT2D eigenvalue weighted by atomic mass is 32.1. The maximum absolute atomic E-state index is 11.9. The van der Waals surface area contributed by atoms with Crippen molar-refractivity contribution in [2.45, 2.75) is 0 Å². The molecule has 5 nitrogen and oxygen atoms in total. The lowest BCUT2D eigenvalue weighted by molar-refractivity contribution is 0.102. The summed E-state index contributed by atoms with van der Waals surface area (Å²) >= 11 is 1.18. The first-order valence-corrected chi connectivity index (χ1v) is 6.11. The van der Waals surface area contributed by atoms with Crippen molar-refractivity contribution >= 4 is 34.2 Å². The first-order chi connectivity index (χ1) is 8.83. The van der Waals surface area contributed by atoms with Gasteiger partial charge in [0.1, 0.15) is 5.69 Å². The van der Waals surface area contributed by atoms with Crippen LogP contribution in [0.1, 0.15) is 10.5 Å². The Labute approximate surface area is 107 Å². The molecule has 1 amide bonds. The molecule has 0 atom stereocenters. The van der Waals surface area contributed by atoms with Crippen LogP contribution in [0.4, 0.5) is 5.82 Å². The van der Waals surface area contributed by atoms with E-state index < -0.39 is 0 Å². The number of fused-ring (bicyclic) bond motifs is 1. The third-order valence-corrected chi connectivity index (χ3v) is 2.94. The van der Waals surface area contributed by atoms with Gasteiger partial charge in [0.05, 0.1) is 10.9 Å². The predicted molar refractivity (Wildman–Crippen MR) is 69.6 cm³/mol. The van der Waals surface area contributed by atoms with Gasteiger partial charge >= 0.3 is 0 Å². The molecule has 0 fully saturated rings. The minimum atomic E-state index is -0.284. The summed E-state index contributed by atoms with van der Waals surface area (Å²) in [4.78, 5) is 16.2. The predicted octanol–water partition coefficient (Wildman–Crippen LogP) is 2.34. The number of hydrogen-bond acceptors (Lipinski definition) is 5. The number of pyridine rings is 1. The lowest BCUT2D eigenvalue weighted by Crippen LogP contribution is -2.13. The normalized spacial score (nSPS) is 10.4. The van der Waals surface area contributed by atoms with Gasteiger partial charge in [-0.15, -0.1) is 5.10 Å². The van der Waals surface area contributed by atoms with E-state index in [1.165, 1.54) is 11.5 Å². The number of nitrogens with one attached hydrogen (secondary N) is 1. The van der Waals surface area contributed by atoms with Crippen LogP contribution in [0.2, 0.25) is 0 Å². The standard InChI is InChI=1S/C12H8N4OS/c17-12(14-11-7-18-16-15-11)10-6-5-8-3-1-2-4-9(8)13-10/h1-7H,(H,14,17). The highest BCUT2D eigenvalue weighted by Gasteiger charge is 2.09. The zero-order valence-corrected chi connectivity index (χ0v) is 10.0. The summed E-state index contributed by atoms with van der Waals surface area (Å²) in [7, 11) is 0. The molecule has 0 aliphatic carbocycles. The second kappa shape index (κ2) is 4.50. The molecular formula is C12H8N4OS. The summed E-state index contributed by atoms with van der Waals surface area (Å²) in [6, 6.07) is 11.2. The van der Waals surface area contributed by atoms with Gasteiger partial charge in [0.15, 0.2) is 5.82 Å². The minimum absolute atomic E-state index is 0.284. The molecule has 0 radical (unpaired) electrons. The van der Waals surface area contributed by atoms with Crippen LogP contribution in [0, 0.1) is 0 Å². The van der Waals surface area contributed by atoms with E-state index in [4.69, 9.17) is 0 Å². The molecule has 2 aromatic heterocycles. The Bertz CT molecular complexity index is 696. The number of amides is 1. The second-order valence-corrected chi connectivity index (χ2v) is 4.24. The second-order valence-electron chi connectivity index (χ2n) is 3.63. The van der Waals surface area contributed by atoms with Crippen LogP contribution in [0.5, 0.6) is 0 Å². The van der Waals surface area contributed by atoms with Crippen molar-refractivity contribution in [3.8, 4) is 0 Å². The summed E-state index contributed by atoms with van der Waals surface area (Å²) in [6.45, 7) is 0. The fourth-order valence-corrected chi connectivity index (χ4v) is 1.98. The first kappa shape index (κ1) is 10.8. The van der Waals surface area contributed by atoms with Crippen LogP contribution in [-0.2, 0) is 0 Å². The van der Waals surface area contributed by atoms with Crippen LogP contribution < -0.4 is 5.32 Å². The molecule has 1 N–H and O–H groups in total. The summed E-state index contributed by atoms with van der Waals surface area (Å²) in [5.41, 5.74) is 1.16. The van der Waals surface area contributed by atoms with E-state index in [9.17, 15) is 4.79 Å². The molecular weight excluding hydrogens is 248 g/mol. The van der Waals surface area contributed by atoms with Crippen LogP contribution in [0.15, 0.2) is 41.8 Å². The number of rotatable bonds is 2. The van der Waals surface area contributed by atoms with E-state index in [-0.39, 0.29) is 5.91 Å². The molecule has 0 saturated heterocycles. The Morgan fingerprint density at radius 2 is 2.06 bits per heavy atom. The van der Waals surface area contributed by atoms with Crippen molar-refractivity contribution in [2.24, 2.45) is 0 Å². The zero-order valence-electron chi connectivity index (χ0n) is 9.20. The van der Waals surface area contributed by atoms with E-state index >= 15 is 0 Å². The molecule has 88 valence electrons. The maximum Gasteiger partial charge on any atom is 0.275 e. The molecule has 0 unspecified atom stereocenters. The molecule has 3 aromatic rings. The quantitative estimate of drug-likeness (QED) is 0.764. The maximum atomic E-state index is 11.9. The molecule has 0 bridgehead atoms. The first-order valence-electron chi connectivity index (χ1n) is 5.27. The van der Waals surface area contributed by atoms with Crippen LogP contribution in [-0.4, -0.2) is 20.5 Å². The SMILES string of the molecule is O=C(Nc1csnn1)c1ccc2ccccc2n1. The van der Waals surface area contributed by atoms with Crippen LogP contribution in [0.25, 0.3) is 10.9 Å². The highest BCUT2D eigenvalue weighted by molar-refractivity contribution is 7.03. The fraction of sp³-hybridized carbons (Fsp3) is 0. The van der Waals surface area contributed by atoms with E-state index in [1.54, 1.807) is 11.4 Å². The van der Waals surface area contributed by atoms with Crippen molar-refractivity contribution in [1.82, 2.24) is 14.6 Å². The van der Waals surface area contributed by atoms with Gasteiger partial charge < -0.3 is 5.32 Å². The van der Waals surface area contributed by atoms with Crippen LogP contribution in [0.3, 0.4) is 0 Å². The number of para-hydroxylation sites is 1. The number of carbonyl (C=O) groups excluding carboxylic acids is 1. The molecule has 0 aliphatic rings. The van der Waals surface area contributed by atoms with Gasteiger partial charge in [-0.1, -0.05) is 28.8 Å². The van der Waals surface area contributed by atoms with E-state index in [1.807, 2.05) is 30.3 Å². The van der Waals surface area contributed by atoms with Crippen molar-refractivity contribution in [2.75, 3.05) is 5.32 Å². The Morgan fingerprint density at radius 3 is 2.89 bits per heavy atom. The molecule has 18 heavy (non-hydrogen) atoms. The number of aromatic nitrogens is 3. The topological polar surface area (TPSA) is 67.8 Å². The molecule has 0 saturated carbocycles. The van der Waals surface area contributed by atoms with Gasteiger partial charge in [0.2, 0.25) is 0 Å². The van der Waals surface area contributed by atoms with Crippen molar-refractivity contribution < 1.29 is 4.79 Å². The van der Waals surface area contributed by atoms with E-state index in [0.717, 1.165) is 10.9 Å². The number of anilines is 1. The van der Waals surface area contributed by atoms with Crippen molar-refractivity contribution in [3.63, 3.8) is 0 Å². The number of carbonyl (C=O) groups is 1. The molecule has 2 heterocycles. The van der Waals surface area contributed by atoms with E-state index in [2.05, 4.69) is 19.9 Å². The highest BCUT2D eigenvalue weighted by Crippen LogP contribution is 2.13. The average Bonchev–Trinajstić information content (AvgIpc) is 2.91. The summed E-state index contributed by atoms with van der Waals surface area (Å²) < 4.78 is 3.68. The molecule has 1 aromatic carbocycles. The Balaban J connectivity index is 1.92. The lowest BCUT2D eigenvalue weighted by Gasteiger charge is -2.02. The average molecular weight is 256 g/mol. The zero-order chi connectivity index (χ0) is 12.4. The number of nitrogens with zero attached hydrogens (tertiary/aromatic N) is 3. The summed E-state index contributed by atoms with van der Waals surface area (Å²) in [5.74, 6) is 0.161. The van der Waals surface area contributed by atoms with Gasteiger partial charge in [0, 0.05) is 5.39 Å². The third kappa shape index (κ3) is 2.05. The Hall–Kier alpha value is -2.34. The van der Waals surface area contributed by atoms with E-state index in [0.29, 0.717) is 11.5 Å². The molecule has 3 rings (SSSR count). The van der Waals surface area contributed by atoms with Gasteiger partial charge in [-0.05, 0) is 23.7 Å². The minimum Gasteiger partial charge on any atom is -0.303 e. The smallest absolute Gasteiger partial charge is 0.275 e. The lowest BCUT2D eigenvalue weighted by atomic mass is 10.2. The number of hydrogen-bond donors (Lipinski definition) is 1. The van der Waals surface area contributed by atoms with Gasteiger partial charge in [-0.3, -0.25) is 4.79 Å². The van der Waals surface area contributed by atoms with Crippen molar-refractivity contribution in [1.29, 1.82) is 0 Å². The van der Waals surface area contributed by atoms with Crippen molar-refractivity contribution in [3.05, 3.63) is 47.5 Å². The van der Waals surface area contributed by atoms with Gasteiger partial charge in [-0.2, -0.15) is 0 Å². The summed E-state index contributed by atoms with van der Waals surface area (Å²) in [6.07, 6.45) is 0. The fourth-order valence-electron chi connectivity index (χ4n) is 1.59.